The van der Waals surface area contributed by atoms with E-state index in [0.717, 1.165) is 12.6 Å². The molecular weight excluding hydrogens is 145 g/mol. The molecular formula is C7H12NOP. The highest BCUT2D eigenvalue weighted by Gasteiger charge is 2.32. The van der Waals surface area contributed by atoms with E-state index in [4.69, 9.17) is 4.52 Å². The van der Waals surface area contributed by atoms with E-state index in [1.165, 1.54) is 19.4 Å². The number of hydrogen-bond acceptors (Lipinski definition) is 2. The van der Waals surface area contributed by atoms with Gasteiger partial charge in [-0.15, -0.1) is 0 Å². The largest absolute Gasteiger partial charge is 0.315 e. The van der Waals surface area contributed by atoms with Crippen molar-refractivity contribution in [2.45, 2.75) is 25.8 Å². The first-order valence-electron chi connectivity index (χ1n) is 3.79. The van der Waals surface area contributed by atoms with Crippen LogP contribution >= 0.6 is 7.75 Å². The third-order valence-electron chi connectivity index (χ3n) is 2.16. The topological polar surface area (TPSA) is 12.5 Å². The lowest BCUT2D eigenvalue weighted by atomic mass is 10.2. The minimum Gasteiger partial charge on any atom is -0.315 e. The van der Waals surface area contributed by atoms with Crippen LogP contribution in [-0.2, 0) is 4.52 Å². The molecule has 3 heteroatoms. The summed E-state index contributed by atoms with van der Waals surface area (Å²) >= 11 is 0. The second-order valence-corrected chi connectivity index (χ2v) is 4.52. The van der Waals surface area contributed by atoms with Crippen LogP contribution in [-0.4, -0.2) is 23.9 Å². The number of nitrogens with zero attached hydrogens (tertiary/aromatic N) is 1. The molecule has 0 amide bonds. The molecule has 2 heterocycles. The Morgan fingerprint density at radius 2 is 2.60 bits per heavy atom. The minimum atomic E-state index is -0.400. The third kappa shape index (κ3) is 0.889. The standard InChI is InChI=1S/C7H12NOP/c1-2-10-8-5-3-4-7(8)6-9-10/h7H,3-6H2,1H3/t7-/m0/s1. The van der Waals surface area contributed by atoms with Crippen molar-refractivity contribution in [1.82, 2.24) is 4.67 Å². The van der Waals surface area contributed by atoms with Gasteiger partial charge in [0.2, 0.25) is 0 Å². The Kier molecular flexibility index (Phi) is 1.71. The van der Waals surface area contributed by atoms with Gasteiger partial charge in [-0.3, -0.25) is 0 Å². The highest BCUT2D eigenvalue weighted by atomic mass is 31.1. The normalized spacial score (nSPS) is 36.1. The first-order chi connectivity index (χ1) is 4.92. The van der Waals surface area contributed by atoms with Crippen molar-refractivity contribution in [3.05, 3.63) is 0 Å². The van der Waals surface area contributed by atoms with Gasteiger partial charge in [0.05, 0.1) is 6.61 Å². The van der Waals surface area contributed by atoms with Gasteiger partial charge in [-0.25, -0.2) is 4.67 Å². The third-order valence-corrected chi connectivity index (χ3v) is 3.93. The molecule has 2 atom stereocenters. The Labute approximate surface area is 62.4 Å². The van der Waals surface area contributed by atoms with Crippen LogP contribution in [0.4, 0.5) is 0 Å². The summed E-state index contributed by atoms with van der Waals surface area (Å²) in [5.41, 5.74) is 3.20. The van der Waals surface area contributed by atoms with Crippen LogP contribution in [0.1, 0.15) is 19.8 Å². The molecule has 0 spiro atoms. The molecule has 0 aromatic rings. The zero-order chi connectivity index (χ0) is 6.97. The summed E-state index contributed by atoms with van der Waals surface area (Å²) in [5.74, 6) is 0. The van der Waals surface area contributed by atoms with Crippen molar-refractivity contribution in [1.29, 1.82) is 0 Å². The Bertz CT molecular complexity index is 215. The molecule has 2 fully saturated rings. The van der Waals surface area contributed by atoms with E-state index in [9.17, 15) is 0 Å². The van der Waals surface area contributed by atoms with Gasteiger partial charge >= 0.3 is 0 Å². The van der Waals surface area contributed by atoms with E-state index in [1.54, 1.807) is 0 Å². The van der Waals surface area contributed by atoms with Gasteiger partial charge in [0.25, 0.3) is 0 Å². The molecule has 2 aliphatic rings. The smallest absolute Gasteiger partial charge is 0.104 e. The maximum absolute atomic E-state index is 5.55. The Morgan fingerprint density at radius 1 is 1.70 bits per heavy atom. The summed E-state index contributed by atoms with van der Waals surface area (Å²) in [6.45, 7) is 4.16. The van der Waals surface area contributed by atoms with E-state index in [-0.39, 0.29) is 0 Å². The summed E-state index contributed by atoms with van der Waals surface area (Å²) in [6.07, 6.45) is 2.69. The highest BCUT2D eigenvalue weighted by Crippen LogP contribution is 2.41. The summed E-state index contributed by atoms with van der Waals surface area (Å²) in [5, 5.41) is 0. The Hall–Kier alpha value is -0.0000000000000000139. The van der Waals surface area contributed by atoms with E-state index in [2.05, 4.69) is 10.3 Å². The maximum Gasteiger partial charge on any atom is 0.104 e. The van der Waals surface area contributed by atoms with Crippen molar-refractivity contribution < 1.29 is 4.52 Å². The van der Waals surface area contributed by atoms with Crippen LogP contribution in [0.25, 0.3) is 0 Å². The van der Waals surface area contributed by atoms with Crippen molar-refractivity contribution in [2.75, 3.05) is 13.2 Å². The molecule has 1 unspecified atom stereocenters. The second-order valence-electron chi connectivity index (χ2n) is 2.75. The molecule has 2 nitrogen and oxygen atoms in total. The number of rotatable bonds is 0. The van der Waals surface area contributed by atoms with Gasteiger partial charge in [0, 0.05) is 12.6 Å². The fraction of sp³-hybridized carbons (Fsp3) is 0.857. The Balaban J connectivity index is 2.21. The van der Waals surface area contributed by atoms with E-state index < -0.39 is 7.75 Å². The summed E-state index contributed by atoms with van der Waals surface area (Å²) in [4.78, 5) is 0. The fourth-order valence-electron chi connectivity index (χ4n) is 1.65. The van der Waals surface area contributed by atoms with Crippen molar-refractivity contribution in [3.63, 3.8) is 0 Å². The SMILES string of the molecule is CC#P1OC[C@@H]2CCCN21. The predicted molar refractivity (Wildman–Crippen MR) is 42.2 cm³/mol. The maximum atomic E-state index is 5.55. The zero-order valence-electron chi connectivity index (χ0n) is 6.21. The highest BCUT2D eigenvalue weighted by molar-refractivity contribution is 7.39. The van der Waals surface area contributed by atoms with E-state index >= 15 is 0 Å². The van der Waals surface area contributed by atoms with Gasteiger partial charge in [-0.05, 0) is 19.8 Å². The Morgan fingerprint density at radius 3 is 3.40 bits per heavy atom. The van der Waals surface area contributed by atoms with Crippen LogP contribution in [0.5, 0.6) is 0 Å². The monoisotopic (exact) mass is 157 g/mol. The molecule has 0 aromatic heterocycles. The van der Waals surface area contributed by atoms with Crippen molar-refractivity contribution in [2.24, 2.45) is 0 Å². The molecule has 2 aliphatic heterocycles. The molecule has 0 bridgehead atoms. The van der Waals surface area contributed by atoms with Gasteiger partial charge in [0.15, 0.2) is 0 Å². The van der Waals surface area contributed by atoms with Gasteiger partial charge in [0.1, 0.15) is 7.75 Å². The van der Waals surface area contributed by atoms with Crippen LogP contribution in [0.3, 0.4) is 0 Å². The minimum absolute atomic E-state index is 0.400. The molecule has 2 saturated heterocycles. The molecule has 0 saturated carbocycles. The second kappa shape index (κ2) is 2.56. The van der Waals surface area contributed by atoms with Gasteiger partial charge in [-0.1, -0.05) is 5.63 Å². The van der Waals surface area contributed by atoms with Crippen LogP contribution in [0.15, 0.2) is 0 Å². The van der Waals surface area contributed by atoms with E-state index in [0.29, 0.717) is 0 Å². The van der Waals surface area contributed by atoms with Crippen molar-refractivity contribution in [3.8, 4) is 5.63 Å². The average molecular weight is 157 g/mol. The zero-order valence-corrected chi connectivity index (χ0v) is 7.10. The lowest BCUT2D eigenvalue weighted by molar-refractivity contribution is 0.343. The lowest BCUT2D eigenvalue weighted by Gasteiger charge is -2.09. The molecule has 0 radical (unpaired) electrons. The number of fused-ring (bicyclic) bond motifs is 1. The van der Waals surface area contributed by atoms with Crippen molar-refractivity contribution >= 4 is 7.75 Å². The summed E-state index contributed by atoms with van der Waals surface area (Å²) in [7, 11) is -0.400. The molecule has 56 valence electrons. The molecule has 0 N–H and O–H groups in total. The van der Waals surface area contributed by atoms with Crippen LogP contribution in [0.2, 0.25) is 0 Å². The molecule has 0 aromatic carbocycles. The molecule has 0 aliphatic carbocycles. The summed E-state index contributed by atoms with van der Waals surface area (Å²) < 4.78 is 8.02. The van der Waals surface area contributed by atoms with Gasteiger partial charge in [-0.2, -0.15) is 0 Å². The lowest BCUT2D eigenvalue weighted by Crippen LogP contribution is -2.17. The fourth-order valence-corrected chi connectivity index (χ4v) is 3.30. The predicted octanol–water partition coefficient (Wildman–Crippen LogP) is 1.77. The molecule has 10 heavy (non-hydrogen) atoms. The van der Waals surface area contributed by atoms with Crippen LogP contribution in [0, 0.1) is 5.63 Å². The first-order valence-corrected chi connectivity index (χ1v) is 5.00. The first kappa shape index (κ1) is 6.69. The van der Waals surface area contributed by atoms with Crippen LogP contribution < -0.4 is 0 Å². The number of hydrogen-bond donors (Lipinski definition) is 0. The van der Waals surface area contributed by atoms with E-state index in [1.807, 2.05) is 6.92 Å². The average Bonchev–Trinajstić information content (AvgIpc) is 2.44. The molecule has 2 rings (SSSR count). The quantitative estimate of drug-likeness (QED) is 0.497. The van der Waals surface area contributed by atoms with Gasteiger partial charge < -0.3 is 4.52 Å². The summed E-state index contributed by atoms with van der Waals surface area (Å²) in [6, 6.07) is 0.735.